The highest BCUT2D eigenvalue weighted by atomic mass is 79.9. The molecular weight excluding hydrogens is 341 g/mol. The Kier molecular flexibility index (Phi) is 7.88. The molecule has 0 saturated heterocycles. The van der Waals surface area contributed by atoms with Gasteiger partial charge in [0.1, 0.15) is 0 Å². The van der Waals surface area contributed by atoms with Crippen LogP contribution in [0.3, 0.4) is 0 Å². The highest BCUT2D eigenvalue weighted by Crippen LogP contribution is 2.25. The molecule has 1 aromatic carbocycles. The number of nitrogens with two attached hydrogens (primary N) is 1. The Morgan fingerprint density at radius 2 is 1.73 bits per heavy atom. The number of rotatable bonds is 4. The SMILES string of the molecule is CCCC[C@@H](N)c1cc(Br)cc(Br)c1.Cl. The highest BCUT2D eigenvalue weighted by Gasteiger charge is 2.06. The third kappa shape index (κ3) is 5.34. The van der Waals surface area contributed by atoms with Crippen molar-refractivity contribution < 1.29 is 0 Å². The lowest BCUT2D eigenvalue weighted by molar-refractivity contribution is 0.603. The zero-order chi connectivity index (χ0) is 10.6. The van der Waals surface area contributed by atoms with Crippen molar-refractivity contribution in [3.63, 3.8) is 0 Å². The zero-order valence-electron chi connectivity index (χ0n) is 8.67. The van der Waals surface area contributed by atoms with Gasteiger partial charge >= 0.3 is 0 Å². The molecule has 86 valence electrons. The molecule has 0 spiro atoms. The van der Waals surface area contributed by atoms with Gasteiger partial charge in [-0.3, -0.25) is 0 Å². The van der Waals surface area contributed by atoms with Crippen LogP contribution < -0.4 is 5.73 Å². The summed E-state index contributed by atoms with van der Waals surface area (Å²) in [5.41, 5.74) is 7.27. The van der Waals surface area contributed by atoms with Crippen LogP contribution in [0.15, 0.2) is 27.1 Å². The predicted octanol–water partition coefficient (Wildman–Crippen LogP) is 4.82. The molecule has 0 bridgehead atoms. The smallest absolute Gasteiger partial charge is 0.0295 e. The van der Waals surface area contributed by atoms with Crippen LogP contribution in [-0.2, 0) is 0 Å². The van der Waals surface area contributed by atoms with E-state index >= 15 is 0 Å². The molecule has 0 fully saturated rings. The van der Waals surface area contributed by atoms with Crippen LogP contribution in [0.5, 0.6) is 0 Å². The fourth-order valence-electron chi connectivity index (χ4n) is 1.38. The monoisotopic (exact) mass is 355 g/mol. The van der Waals surface area contributed by atoms with Gasteiger partial charge < -0.3 is 5.73 Å². The molecule has 0 unspecified atom stereocenters. The normalized spacial score (nSPS) is 12.0. The molecular formula is C11H16Br2ClN. The van der Waals surface area contributed by atoms with E-state index in [9.17, 15) is 0 Å². The number of unbranched alkanes of at least 4 members (excludes halogenated alkanes) is 1. The molecule has 1 atom stereocenters. The van der Waals surface area contributed by atoms with Gasteiger partial charge in [-0.25, -0.2) is 0 Å². The van der Waals surface area contributed by atoms with Crippen LogP contribution in [0.4, 0.5) is 0 Å². The van der Waals surface area contributed by atoms with Crippen molar-refractivity contribution in [2.45, 2.75) is 32.2 Å². The molecule has 0 saturated carbocycles. The number of hydrogen-bond donors (Lipinski definition) is 1. The molecule has 4 heteroatoms. The third-order valence-corrected chi connectivity index (χ3v) is 3.10. The fraction of sp³-hybridized carbons (Fsp3) is 0.455. The van der Waals surface area contributed by atoms with E-state index in [0.29, 0.717) is 0 Å². The lowest BCUT2D eigenvalue weighted by Crippen LogP contribution is -2.09. The first-order valence-corrected chi connectivity index (χ1v) is 6.43. The Hall–Kier alpha value is 0.430. The molecule has 0 aromatic heterocycles. The van der Waals surface area contributed by atoms with Crippen molar-refractivity contribution in [3.05, 3.63) is 32.7 Å². The van der Waals surface area contributed by atoms with E-state index in [2.05, 4.69) is 50.9 Å². The van der Waals surface area contributed by atoms with Crippen LogP contribution in [0.2, 0.25) is 0 Å². The van der Waals surface area contributed by atoms with Gasteiger partial charge in [-0.05, 0) is 30.2 Å². The topological polar surface area (TPSA) is 26.0 Å². The maximum absolute atomic E-state index is 6.08. The second-order valence-electron chi connectivity index (χ2n) is 3.45. The summed E-state index contributed by atoms with van der Waals surface area (Å²) in [6, 6.07) is 6.36. The molecule has 0 heterocycles. The Morgan fingerprint density at radius 3 is 2.20 bits per heavy atom. The fourth-order valence-corrected chi connectivity index (χ4v) is 2.71. The van der Waals surface area contributed by atoms with Crippen LogP contribution >= 0.6 is 44.3 Å². The van der Waals surface area contributed by atoms with Crippen molar-refractivity contribution in [1.82, 2.24) is 0 Å². The lowest BCUT2D eigenvalue weighted by Gasteiger charge is -2.12. The summed E-state index contributed by atoms with van der Waals surface area (Å²) >= 11 is 6.93. The minimum Gasteiger partial charge on any atom is -0.324 e. The standard InChI is InChI=1S/C11H15Br2N.ClH/c1-2-3-4-11(14)8-5-9(12)7-10(13)6-8;/h5-7,11H,2-4,14H2,1H3;1H/t11-;/m1./s1. The van der Waals surface area contributed by atoms with E-state index in [-0.39, 0.29) is 18.4 Å². The zero-order valence-corrected chi connectivity index (χ0v) is 12.7. The summed E-state index contributed by atoms with van der Waals surface area (Å²) in [5.74, 6) is 0. The molecule has 1 nitrogen and oxygen atoms in total. The van der Waals surface area contributed by atoms with Gasteiger partial charge in [0.05, 0.1) is 0 Å². The average Bonchev–Trinajstić information content (AvgIpc) is 2.12. The Morgan fingerprint density at radius 1 is 1.20 bits per heavy atom. The first-order chi connectivity index (χ1) is 6.63. The lowest BCUT2D eigenvalue weighted by atomic mass is 10.0. The van der Waals surface area contributed by atoms with E-state index < -0.39 is 0 Å². The molecule has 0 aliphatic heterocycles. The summed E-state index contributed by atoms with van der Waals surface area (Å²) in [4.78, 5) is 0. The largest absolute Gasteiger partial charge is 0.324 e. The number of hydrogen-bond acceptors (Lipinski definition) is 1. The first-order valence-electron chi connectivity index (χ1n) is 4.85. The minimum atomic E-state index is 0. The quantitative estimate of drug-likeness (QED) is 0.821. The molecule has 0 radical (unpaired) electrons. The van der Waals surface area contributed by atoms with Crippen molar-refractivity contribution >= 4 is 44.3 Å². The van der Waals surface area contributed by atoms with Crippen LogP contribution in [0, 0.1) is 0 Å². The van der Waals surface area contributed by atoms with Gasteiger partial charge in [-0.15, -0.1) is 12.4 Å². The van der Waals surface area contributed by atoms with Crippen molar-refractivity contribution in [2.75, 3.05) is 0 Å². The average molecular weight is 358 g/mol. The molecule has 2 N–H and O–H groups in total. The maximum atomic E-state index is 6.08. The second-order valence-corrected chi connectivity index (χ2v) is 5.28. The van der Waals surface area contributed by atoms with Gasteiger partial charge in [0.2, 0.25) is 0 Å². The van der Waals surface area contributed by atoms with Crippen LogP contribution in [-0.4, -0.2) is 0 Å². The van der Waals surface area contributed by atoms with Crippen molar-refractivity contribution in [3.8, 4) is 0 Å². The molecule has 1 aromatic rings. The molecule has 0 amide bonds. The van der Waals surface area contributed by atoms with Crippen LogP contribution in [0.25, 0.3) is 0 Å². The first kappa shape index (κ1) is 15.4. The van der Waals surface area contributed by atoms with Gasteiger partial charge in [0.15, 0.2) is 0 Å². The van der Waals surface area contributed by atoms with Gasteiger partial charge in [-0.1, -0.05) is 51.6 Å². The number of halogens is 3. The second kappa shape index (κ2) is 7.66. The van der Waals surface area contributed by atoms with Gasteiger partial charge in [0, 0.05) is 15.0 Å². The van der Waals surface area contributed by atoms with Gasteiger partial charge in [-0.2, -0.15) is 0 Å². The van der Waals surface area contributed by atoms with E-state index in [4.69, 9.17) is 5.73 Å². The summed E-state index contributed by atoms with van der Waals surface area (Å²) in [5, 5.41) is 0. The van der Waals surface area contributed by atoms with E-state index in [1.165, 1.54) is 18.4 Å². The summed E-state index contributed by atoms with van der Waals surface area (Å²) in [6.07, 6.45) is 3.44. The Balaban J connectivity index is 0.00000196. The Bertz CT molecular complexity index is 284. The summed E-state index contributed by atoms with van der Waals surface area (Å²) in [6.45, 7) is 2.18. The predicted molar refractivity (Wildman–Crippen MR) is 75.5 cm³/mol. The molecule has 1 rings (SSSR count). The third-order valence-electron chi connectivity index (χ3n) is 2.18. The van der Waals surface area contributed by atoms with E-state index in [0.717, 1.165) is 15.4 Å². The van der Waals surface area contributed by atoms with Gasteiger partial charge in [0.25, 0.3) is 0 Å². The molecule has 15 heavy (non-hydrogen) atoms. The van der Waals surface area contributed by atoms with Crippen LogP contribution in [0.1, 0.15) is 37.8 Å². The molecule has 0 aliphatic rings. The van der Waals surface area contributed by atoms with Crippen molar-refractivity contribution in [1.29, 1.82) is 0 Å². The minimum absolute atomic E-state index is 0. The number of benzene rings is 1. The highest BCUT2D eigenvalue weighted by molar-refractivity contribution is 9.11. The summed E-state index contributed by atoms with van der Waals surface area (Å²) in [7, 11) is 0. The maximum Gasteiger partial charge on any atom is 0.0295 e. The summed E-state index contributed by atoms with van der Waals surface area (Å²) < 4.78 is 2.16. The van der Waals surface area contributed by atoms with E-state index in [1.807, 2.05) is 6.07 Å². The molecule has 0 aliphatic carbocycles. The van der Waals surface area contributed by atoms with Crippen molar-refractivity contribution in [2.24, 2.45) is 5.73 Å². The van der Waals surface area contributed by atoms with E-state index in [1.54, 1.807) is 0 Å². The Labute approximate surface area is 114 Å².